The summed E-state index contributed by atoms with van der Waals surface area (Å²) in [6.07, 6.45) is 0.786. The van der Waals surface area contributed by atoms with E-state index < -0.39 is 0 Å². The number of phenolic OH excluding ortho intramolecular Hbond substituents is 1. The zero-order chi connectivity index (χ0) is 21.3. The summed E-state index contributed by atoms with van der Waals surface area (Å²) in [6.45, 7) is 6.04. The summed E-state index contributed by atoms with van der Waals surface area (Å²) in [5.74, 6) is 2.26. The summed E-state index contributed by atoms with van der Waals surface area (Å²) >= 11 is 0. The second-order valence-electron chi connectivity index (χ2n) is 7.38. The molecule has 0 radical (unpaired) electrons. The molecule has 0 bridgehead atoms. The predicted octanol–water partition coefficient (Wildman–Crippen LogP) is 7.39. The third kappa shape index (κ3) is 5.74. The maximum Gasteiger partial charge on any atom is 0.133 e. The lowest BCUT2D eigenvalue weighted by molar-refractivity contribution is 0.465. The molecule has 4 rings (SSSR count). The highest BCUT2D eigenvalue weighted by molar-refractivity contribution is 5.43. The van der Waals surface area contributed by atoms with Crippen molar-refractivity contribution in [2.45, 2.75) is 27.2 Å². The van der Waals surface area contributed by atoms with Crippen LogP contribution in [-0.4, -0.2) is 5.11 Å². The van der Waals surface area contributed by atoms with Crippen LogP contribution in [0.1, 0.15) is 27.8 Å². The fourth-order valence-electron chi connectivity index (χ4n) is 3.24. The van der Waals surface area contributed by atoms with Crippen molar-refractivity contribution in [2.24, 2.45) is 0 Å². The van der Waals surface area contributed by atoms with E-state index in [2.05, 4.69) is 38.1 Å². The fraction of sp³-hybridized carbons (Fsp3) is 0.143. The van der Waals surface area contributed by atoms with Gasteiger partial charge in [0.1, 0.15) is 17.2 Å². The molecule has 0 spiro atoms. The Balaban J connectivity index is 0.000000171. The highest BCUT2D eigenvalue weighted by Gasteiger charge is 2.04. The number of para-hydroxylation sites is 3. The Morgan fingerprint density at radius 3 is 1.77 bits per heavy atom. The first-order valence-electron chi connectivity index (χ1n) is 10.1. The Kier molecular flexibility index (Phi) is 7.29. The molecule has 0 amide bonds. The van der Waals surface area contributed by atoms with E-state index in [1.165, 1.54) is 16.7 Å². The molecule has 4 aromatic carbocycles. The monoisotopic (exact) mass is 396 g/mol. The van der Waals surface area contributed by atoms with Crippen LogP contribution in [0.5, 0.6) is 17.2 Å². The van der Waals surface area contributed by atoms with E-state index in [0.717, 1.165) is 29.0 Å². The summed E-state index contributed by atoms with van der Waals surface area (Å²) in [4.78, 5) is 0. The number of hydrogen-bond donors (Lipinski definition) is 1. The van der Waals surface area contributed by atoms with E-state index >= 15 is 0 Å². The van der Waals surface area contributed by atoms with Gasteiger partial charge in [0.25, 0.3) is 0 Å². The topological polar surface area (TPSA) is 29.5 Å². The Hall–Kier alpha value is -3.52. The molecular weight excluding hydrogens is 368 g/mol. The predicted molar refractivity (Wildman–Crippen MR) is 125 cm³/mol. The average Bonchev–Trinajstić information content (AvgIpc) is 2.76. The number of ether oxygens (including phenoxy) is 1. The molecule has 0 aromatic heterocycles. The Morgan fingerprint density at radius 2 is 1.13 bits per heavy atom. The van der Waals surface area contributed by atoms with Crippen LogP contribution in [0.4, 0.5) is 0 Å². The lowest BCUT2D eigenvalue weighted by Gasteiger charge is -2.10. The minimum Gasteiger partial charge on any atom is -0.507 e. The van der Waals surface area contributed by atoms with Crippen molar-refractivity contribution in [3.63, 3.8) is 0 Å². The van der Waals surface area contributed by atoms with E-state index in [-0.39, 0.29) is 0 Å². The van der Waals surface area contributed by atoms with Gasteiger partial charge in [-0.1, -0.05) is 84.9 Å². The van der Waals surface area contributed by atoms with Crippen molar-refractivity contribution in [3.8, 4) is 17.2 Å². The molecule has 0 unspecified atom stereocenters. The molecule has 0 aliphatic heterocycles. The average molecular weight is 397 g/mol. The SMILES string of the molecule is Cc1cccc(C)c1Oc1ccccc1.Cc1cccc(Cc2ccccc2)c1O. The van der Waals surface area contributed by atoms with Crippen LogP contribution in [0.2, 0.25) is 0 Å². The summed E-state index contributed by atoms with van der Waals surface area (Å²) in [7, 11) is 0. The molecule has 2 heteroatoms. The van der Waals surface area contributed by atoms with Crippen molar-refractivity contribution in [1.82, 2.24) is 0 Å². The first kappa shape index (κ1) is 21.2. The van der Waals surface area contributed by atoms with Crippen molar-refractivity contribution >= 4 is 0 Å². The van der Waals surface area contributed by atoms with Gasteiger partial charge >= 0.3 is 0 Å². The normalized spacial score (nSPS) is 10.1. The number of aryl methyl sites for hydroxylation is 3. The third-order valence-electron chi connectivity index (χ3n) is 4.93. The van der Waals surface area contributed by atoms with Gasteiger partial charge in [0.15, 0.2) is 0 Å². The molecule has 2 nitrogen and oxygen atoms in total. The number of benzene rings is 4. The van der Waals surface area contributed by atoms with Crippen molar-refractivity contribution in [3.05, 3.63) is 125 Å². The lowest BCUT2D eigenvalue weighted by atomic mass is 10.0. The number of hydrogen-bond acceptors (Lipinski definition) is 2. The smallest absolute Gasteiger partial charge is 0.133 e. The van der Waals surface area contributed by atoms with E-state index in [4.69, 9.17) is 4.74 Å². The van der Waals surface area contributed by atoms with Gasteiger partial charge in [-0.3, -0.25) is 0 Å². The second kappa shape index (κ2) is 10.3. The van der Waals surface area contributed by atoms with Crippen LogP contribution in [0.15, 0.2) is 97.1 Å². The minimum atomic E-state index is 0.418. The van der Waals surface area contributed by atoms with Crippen molar-refractivity contribution in [1.29, 1.82) is 0 Å². The zero-order valence-electron chi connectivity index (χ0n) is 17.8. The fourth-order valence-corrected chi connectivity index (χ4v) is 3.24. The molecule has 0 aliphatic rings. The van der Waals surface area contributed by atoms with Gasteiger partial charge in [-0.15, -0.1) is 0 Å². The molecule has 30 heavy (non-hydrogen) atoms. The molecule has 0 saturated heterocycles. The van der Waals surface area contributed by atoms with E-state index in [9.17, 15) is 5.11 Å². The van der Waals surface area contributed by atoms with Gasteiger partial charge in [0.05, 0.1) is 0 Å². The zero-order valence-corrected chi connectivity index (χ0v) is 17.8. The molecule has 0 fully saturated rings. The van der Waals surface area contributed by atoms with E-state index in [1.807, 2.05) is 79.7 Å². The molecular formula is C28H28O2. The first-order valence-corrected chi connectivity index (χ1v) is 10.1. The van der Waals surface area contributed by atoms with E-state index in [1.54, 1.807) is 0 Å². The first-order chi connectivity index (χ1) is 14.5. The standard InChI is InChI=1S/2C14H14O/c1-11-7-6-8-12(2)14(11)15-13-9-4-3-5-10-13;1-11-6-5-9-13(14(11)15)10-12-7-3-2-4-8-12/h3-10H,1-2H3;2-9,15H,10H2,1H3. The Morgan fingerprint density at radius 1 is 0.600 bits per heavy atom. The number of phenols is 1. The van der Waals surface area contributed by atoms with Gasteiger partial charge in [-0.25, -0.2) is 0 Å². The van der Waals surface area contributed by atoms with Crippen LogP contribution < -0.4 is 4.74 Å². The maximum absolute atomic E-state index is 9.86. The summed E-state index contributed by atoms with van der Waals surface area (Å²) in [5, 5.41) is 9.86. The molecule has 0 saturated carbocycles. The van der Waals surface area contributed by atoms with Gasteiger partial charge in [-0.05, 0) is 60.7 Å². The van der Waals surface area contributed by atoms with Crippen LogP contribution >= 0.6 is 0 Å². The molecule has 152 valence electrons. The van der Waals surface area contributed by atoms with Gasteiger partial charge in [0.2, 0.25) is 0 Å². The number of rotatable bonds is 4. The summed E-state index contributed by atoms with van der Waals surface area (Å²) < 4.78 is 5.84. The molecule has 1 N–H and O–H groups in total. The van der Waals surface area contributed by atoms with Crippen molar-refractivity contribution < 1.29 is 9.84 Å². The van der Waals surface area contributed by atoms with Crippen LogP contribution in [0.3, 0.4) is 0 Å². The molecule has 0 heterocycles. The summed E-state index contributed by atoms with van der Waals surface area (Å²) in [5.41, 5.74) is 5.47. The largest absolute Gasteiger partial charge is 0.507 e. The maximum atomic E-state index is 9.86. The second-order valence-corrected chi connectivity index (χ2v) is 7.38. The number of aromatic hydroxyl groups is 1. The molecule has 0 atom stereocenters. The lowest BCUT2D eigenvalue weighted by Crippen LogP contribution is -1.90. The van der Waals surface area contributed by atoms with Crippen molar-refractivity contribution in [2.75, 3.05) is 0 Å². The highest BCUT2D eigenvalue weighted by Crippen LogP contribution is 2.28. The van der Waals surface area contributed by atoms with Crippen LogP contribution in [-0.2, 0) is 6.42 Å². The third-order valence-corrected chi connectivity index (χ3v) is 4.93. The van der Waals surface area contributed by atoms with Crippen LogP contribution in [0, 0.1) is 20.8 Å². The Bertz CT molecular complexity index is 1050. The van der Waals surface area contributed by atoms with E-state index in [0.29, 0.717) is 5.75 Å². The van der Waals surface area contributed by atoms with Gasteiger partial charge in [0, 0.05) is 6.42 Å². The summed E-state index contributed by atoms with van der Waals surface area (Å²) in [6, 6.07) is 32.1. The highest BCUT2D eigenvalue weighted by atomic mass is 16.5. The molecule has 0 aliphatic carbocycles. The Labute approximate surface area is 179 Å². The van der Waals surface area contributed by atoms with Crippen LogP contribution in [0.25, 0.3) is 0 Å². The van der Waals surface area contributed by atoms with Gasteiger partial charge < -0.3 is 9.84 Å². The quantitative estimate of drug-likeness (QED) is 0.390. The minimum absolute atomic E-state index is 0.418. The molecule has 4 aromatic rings. The van der Waals surface area contributed by atoms with Gasteiger partial charge in [-0.2, -0.15) is 0 Å².